The molecule has 0 bridgehead atoms. The molecule has 1 aliphatic heterocycles. The van der Waals surface area contributed by atoms with Gasteiger partial charge in [0.05, 0.1) is 0 Å². The van der Waals surface area contributed by atoms with Gasteiger partial charge in [0.25, 0.3) is 0 Å². The fraction of sp³-hybridized carbons (Fsp3) is 0.652. The van der Waals surface area contributed by atoms with E-state index in [-0.39, 0.29) is 23.0 Å². The number of carbonyl (C=O) groups excluding carboxylic acids is 1. The number of piperidine rings is 1. The van der Waals surface area contributed by atoms with Gasteiger partial charge in [-0.15, -0.1) is 0 Å². The molecule has 1 aliphatic rings. The minimum absolute atomic E-state index is 0.00225. The SMILES string of the molecule is CCCCN(C(=O)CCc1nc(-c2cccnc2)no1)C1CC(C)(C)NC(C)(C)C1. The number of amides is 1. The molecular formula is C23H35N5O2. The Morgan fingerprint density at radius 2 is 2.00 bits per heavy atom. The smallest absolute Gasteiger partial charge is 0.227 e. The molecule has 7 nitrogen and oxygen atoms in total. The van der Waals surface area contributed by atoms with Gasteiger partial charge in [0, 0.05) is 54.5 Å². The highest BCUT2D eigenvalue weighted by Gasteiger charge is 2.40. The lowest BCUT2D eigenvalue weighted by Crippen LogP contribution is -2.62. The van der Waals surface area contributed by atoms with Crippen molar-refractivity contribution in [1.29, 1.82) is 0 Å². The molecule has 30 heavy (non-hydrogen) atoms. The van der Waals surface area contributed by atoms with Gasteiger partial charge in [-0.25, -0.2) is 0 Å². The number of hydrogen-bond donors (Lipinski definition) is 1. The van der Waals surface area contributed by atoms with Crippen LogP contribution in [-0.2, 0) is 11.2 Å². The number of rotatable bonds is 8. The van der Waals surface area contributed by atoms with E-state index < -0.39 is 0 Å². The second-order valence-electron chi connectivity index (χ2n) is 9.65. The molecule has 0 aromatic carbocycles. The fourth-order valence-corrected chi connectivity index (χ4v) is 4.65. The number of hydrogen-bond acceptors (Lipinski definition) is 6. The first-order valence-corrected chi connectivity index (χ1v) is 11.0. The average molecular weight is 414 g/mol. The van der Waals surface area contributed by atoms with Gasteiger partial charge in [-0.05, 0) is 59.1 Å². The first kappa shape index (κ1) is 22.4. The van der Waals surface area contributed by atoms with E-state index >= 15 is 0 Å². The standard InChI is InChI=1S/C23H35N5O2/c1-6-7-13-28(18-14-22(2,3)27-23(4,5)15-18)20(29)11-10-19-25-21(26-30-19)17-9-8-12-24-16-17/h8-9,12,16,18,27H,6-7,10-11,13-15H2,1-5H3. The zero-order valence-electron chi connectivity index (χ0n) is 18.9. The summed E-state index contributed by atoms with van der Waals surface area (Å²) in [5.74, 6) is 1.17. The van der Waals surface area contributed by atoms with E-state index in [9.17, 15) is 4.79 Å². The Morgan fingerprint density at radius 3 is 2.63 bits per heavy atom. The largest absolute Gasteiger partial charge is 0.340 e. The van der Waals surface area contributed by atoms with Crippen LogP contribution in [-0.4, -0.2) is 49.6 Å². The minimum Gasteiger partial charge on any atom is -0.340 e. The quantitative estimate of drug-likeness (QED) is 0.704. The van der Waals surface area contributed by atoms with Crippen LogP contribution in [0.1, 0.15) is 72.6 Å². The molecule has 1 amide bonds. The van der Waals surface area contributed by atoms with Crippen molar-refractivity contribution in [1.82, 2.24) is 25.3 Å². The molecule has 3 heterocycles. The van der Waals surface area contributed by atoms with Crippen molar-refractivity contribution < 1.29 is 9.32 Å². The molecule has 1 N–H and O–H groups in total. The Labute approximate surface area is 179 Å². The molecule has 164 valence electrons. The number of aryl methyl sites for hydroxylation is 1. The van der Waals surface area contributed by atoms with Crippen LogP contribution in [0.4, 0.5) is 0 Å². The zero-order valence-corrected chi connectivity index (χ0v) is 18.9. The van der Waals surface area contributed by atoms with Crippen molar-refractivity contribution in [3.05, 3.63) is 30.4 Å². The second kappa shape index (κ2) is 9.25. The summed E-state index contributed by atoms with van der Waals surface area (Å²) in [6.07, 6.45) is 8.23. The normalized spacial score (nSPS) is 18.3. The third kappa shape index (κ3) is 5.88. The molecule has 0 atom stereocenters. The lowest BCUT2D eigenvalue weighted by molar-refractivity contribution is -0.135. The Balaban J connectivity index is 1.66. The molecule has 0 spiro atoms. The van der Waals surface area contributed by atoms with Crippen LogP contribution in [0, 0.1) is 0 Å². The highest BCUT2D eigenvalue weighted by atomic mass is 16.5. The van der Waals surface area contributed by atoms with Gasteiger partial charge in [0.2, 0.25) is 17.6 Å². The molecule has 3 rings (SSSR count). The molecule has 2 aromatic heterocycles. The molecule has 0 unspecified atom stereocenters. The first-order valence-electron chi connectivity index (χ1n) is 11.0. The van der Waals surface area contributed by atoms with Crippen LogP contribution >= 0.6 is 0 Å². The van der Waals surface area contributed by atoms with E-state index in [1.807, 2.05) is 12.1 Å². The Morgan fingerprint density at radius 1 is 1.27 bits per heavy atom. The summed E-state index contributed by atoms with van der Waals surface area (Å²) < 4.78 is 5.37. The summed E-state index contributed by atoms with van der Waals surface area (Å²) >= 11 is 0. The topological polar surface area (TPSA) is 84.2 Å². The van der Waals surface area contributed by atoms with Gasteiger partial charge >= 0.3 is 0 Å². The van der Waals surface area contributed by atoms with Crippen molar-refractivity contribution in [2.45, 2.75) is 90.3 Å². The summed E-state index contributed by atoms with van der Waals surface area (Å²) in [4.78, 5) is 23.8. The molecule has 0 aliphatic carbocycles. The predicted octanol–water partition coefficient (Wildman–Crippen LogP) is 4.00. The summed E-state index contributed by atoms with van der Waals surface area (Å²) in [6.45, 7) is 11.9. The van der Waals surface area contributed by atoms with Crippen LogP contribution in [0.2, 0.25) is 0 Å². The van der Waals surface area contributed by atoms with Crippen molar-refractivity contribution in [3.8, 4) is 11.4 Å². The van der Waals surface area contributed by atoms with E-state index in [0.29, 0.717) is 24.6 Å². The number of pyridine rings is 1. The maximum Gasteiger partial charge on any atom is 0.227 e. The number of nitrogens with zero attached hydrogens (tertiary/aromatic N) is 4. The fourth-order valence-electron chi connectivity index (χ4n) is 4.65. The maximum atomic E-state index is 13.2. The van der Waals surface area contributed by atoms with E-state index in [4.69, 9.17) is 4.52 Å². The Bertz CT molecular complexity index is 815. The van der Waals surface area contributed by atoms with Crippen molar-refractivity contribution in [3.63, 3.8) is 0 Å². The monoisotopic (exact) mass is 413 g/mol. The highest BCUT2D eigenvalue weighted by molar-refractivity contribution is 5.76. The van der Waals surface area contributed by atoms with E-state index in [1.165, 1.54) is 0 Å². The van der Waals surface area contributed by atoms with Gasteiger partial charge in [-0.3, -0.25) is 9.78 Å². The predicted molar refractivity (Wildman–Crippen MR) is 117 cm³/mol. The van der Waals surface area contributed by atoms with Crippen LogP contribution < -0.4 is 5.32 Å². The zero-order chi connectivity index (χ0) is 21.8. The molecule has 1 saturated heterocycles. The summed E-state index contributed by atoms with van der Waals surface area (Å²) in [6, 6.07) is 3.96. The maximum absolute atomic E-state index is 13.2. The number of carbonyl (C=O) groups is 1. The second-order valence-corrected chi connectivity index (χ2v) is 9.65. The third-order valence-electron chi connectivity index (χ3n) is 5.62. The molecule has 7 heteroatoms. The van der Waals surface area contributed by atoms with Crippen molar-refractivity contribution >= 4 is 5.91 Å². The summed E-state index contributed by atoms with van der Waals surface area (Å²) in [5.41, 5.74) is 0.812. The van der Waals surface area contributed by atoms with Gasteiger partial charge in [-0.2, -0.15) is 4.98 Å². The molecular weight excluding hydrogens is 378 g/mol. The van der Waals surface area contributed by atoms with Crippen LogP contribution in [0.15, 0.2) is 29.0 Å². The molecule has 2 aromatic rings. The van der Waals surface area contributed by atoms with Gasteiger partial charge < -0.3 is 14.7 Å². The first-order chi connectivity index (χ1) is 14.2. The van der Waals surface area contributed by atoms with Crippen LogP contribution in [0.3, 0.4) is 0 Å². The van der Waals surface area contributed by atoms with E-state index in [2.05, 4.69) is 60.0 Å². The number of aromatic nitrogens is 3. The number of unbranched alkanes of at least 4 members (excludes halogenated alkanes) is 1. The van der Waals surface area contributed by atoms with E-state index in [1.54, 1.807) is 12.4 Å². The average Bonchev–Trinajstić information content (AvgIpc) is 3.14. The van der Waals surface area contributed by atoms with Crippen LogP contribution in [0.5, 0.6) is 0 Å². The van der Waals surface area contributed by atoms with Crippen molar-refractivity contribution in [2.75, 3.05) is 6.54 Å². The summed E-state index contributed by atoms with van der Waals surface area (Å²) in [5, 5.41) is 7.74. The van der Waals surface area contributed by atoms with Gasteiger partial charge in [0.1, 0.15) is 0 Å². The minimum atomic E-state index is 0.00225. The lowest BCUT2D eigenvalue weighted by atomic mass is 9.79. The molecule has 1 fully saturated rings. The molecule has 0 radical (unpaired) electrons. The van der Waals surface area contributed by atoms with Gasteiger partial charge in [-0.1, -0.05) is 18.5 Å². The third-order valence-corrected chi connectivity index (χ3v) is 5.62. The van der Waals surface area contributed by atoms with E-state index in [0.717, 1.165) is 37.8 Å². The highest BCUT2D eigenvalue weighted by Crippen LogP contribution is 2.32. The Kier molecular flexibility index (Phi) is 6.91. The van der Waals surface area contributed by atoms with Gasteiger partial charge in [0.15, 0.2) is 0 Å². The lowest BCUT2D eigenvalue weighted by Gasteiger charge is -2.49. The van der Waals surface area contributed by atoms with Crippen molar-refractivity contribution in [2.24, 2.45) is 0 Å². The Hall–Kier alpha value is -2.28. The van der Waals surface area contributed by atoms with Crippen LogP contribution in [0.25, 0.3) is 11.4 Å². The number of nitrogens with one attached hydrogen (secondary N) is 1. The summed E-state index contributed by atoms with van der Waals surface area (Å²) in [7, 11) is 0. The molecule has 0 saturated carbocycles.